The summed E-state index contributed by atoms with van der Waals surface area (Å²) >= 11 is 6.41. The van der Waals surface area contributed by atoms with Crippen LogP contribution in [0.2, 0.25) is 5.02 Å². The van der Waals surface area contributed by atoms with Crippen molar-refractivity contribution < 1.29 is 18.0 Å². The lowest BCUT2D eigenvalue weighted by Crippen LogP contribution is -2.51. The van der Waals surface area contributed by atoms with E-state index >= 15 is 0 Å². The second-order valence-corrected chi connectivity index (χ2v) is 12.5. The Labute approximate surface area is 232 Å². The fraction of sp³-hybridized carbons (Fsp3) is 0.517. The van der Waals surface area contributed by atoms with Gasteiger partial charge in [-0.1, -0.05) is 55.6 Å². The largest absolute Gasteiger partial charge is 0.352 e. The molecule has 0 bridgehead atoms. The van der Waals surface area contributed by atoms with Crippen molar-refractivity contribution in [3.05, 3.63) is 64.2 Å². The van der Waals surface area contributed by atoms with Gasteiger partial charge < -0.3 is 10.2 Å². The van der Waals surface area contributed by atoms with Gasteiger partial charge in [0.2, 0.25) is 21.8 Å². The Kier molecular flexibility index (Phi) is 10.6. The number of anilines is 1. The number of carbonyl (C=O) groups excluding carboxylic acids is 2. The summed E-state index contributed by atoms with van der Waals surface area (Å²) in [5.74, 6) is -0.348. The molecule has 1 N–H and O–H groups in total. The predicted molar refractivity (Wildman–Crippen MR) is 154 cm³/mol. The van der Waals surface area contributed by atoms with Crippen LogP contribution in [0.1, 0.15) is 68.6 Å². The van der Waals surface area contributed by atoms with Gasteiger partial charge in [0.15, 0.2) is 0 Å². The molecular weight excluding hydrogens is 522 g/mol. The summed E-state index contributed by atoms with van der Waals surface area (Å²) in [6.07, 6.45) is 6.18. The number of sulfonamides is 1. The maximum atomic E-state index is 13.6. The molecule has 0 radical (unpaired) electrons. The molecule has 0 spiro atoms. The van der Waals surface area contributed by atoms with Crippen LogP contribution in [0.5, 0.6) is 0 Å². The molecule has 1 fully saturated rings. The van der Waals surface area contributed by atoms with Crippen LogP contribution in [0.3, 0.4) is 0 Å². The number of rotatable bonds is 12. The summed E-state index contributed by atoms with van der Waals surface area (Å²) in [4.78, 5) is 28.5. The lowest BCUT2D eigenvalue weighted by atomic mass is 10.1. The fourth-order valence-electron chi connectivity index (χ4n) is 4.98. The number of amides is 2. The number of aryl methyl sites for hydroxylation is 2. The highest BCUT2D eigenvalue weighted by molar-refractivity contribution is 7.92. The van der Waals surface area contributed by atoms with Crippen molar-refractivity contribution in [3.63, 3.8) is 0 Å². The molecule has 38 heavy (non-hydrogen) atoms. The lowest BCUT2D eigenvalue weighted by Gasteiger charge is -2.32. The molecule has 0 saturated heterocycles. The third-order valence-electron chi connectivity index (χ3n) is 7.32. The second kappa shape index (κ2) is 13.5. The standard InChI is InChI=1S/C29H40ClN3O4S/c1-5-27(29(35)31-24-12-7-8-13-24)32(20-23-11-6-9-14-26(23)30)28(34)15-10-18-33(38(4,36)37)25-17-16-21(2)22(3)19-25/h6,9,11,14,16-17,19,24,27H,5,7-8,10,12-13,15,18,20H2,1-4H3,(H,31,35)/t27-/m0/s1. The Hall–Kier alpha value is -2.58. The van der Waals surface area contributed by atoms with E-state index in [-0.39, 0.29) is 37.4 Å². The Morgan fingerprint density at radius 3 is 2.37 bits per heavy atom. The number of hydrogen-bond acceptors (Lipinski definition) is 4. The summed E-state index contributed by atoms with van der Waals surface area (Å²) in [6.45, 7) is 6.19. The highest BCUT2D eigenvalue weighted by Gasteiger charge is 2.31. The van der Waals surface area contributed by atoms with Crippen molar-refractivity contribution in [2.75, 3.05) is 17.1 Å². The van der Waals surface area contributed by atoms with E-state index in [1.807, 2.05) is 51.1 Å². The van der Waals surface area contributed by atoms with E-state index < -0.39 is 16.1 Å². The topological polar surface area (TPSA) is 86.8 Å². The van der Waals surface area contributed by atoms with E-state index in [0.29, 0.717) is 23.6 Å². The highest BCUT2D eigenvalue weighted by Crippen LogP contribution is 2.24. The average molecular weight is 562 g/mol. The molecule has 1 aliphatic carbocycles. The Balaban J connectivity index is 1.77. The number of nitrogens with zero attached hydrogens (tertiary/aromatic N) is 2. The minimum atomic E-state index is -3.54. The van der Waals surface area contributed by atoms with Crippen LogP contribution in [0, 0.1) is 13.8 Å². The van der Waals surface area contributed by atoms with Crippen molar-refractivity contribution in [2.45, 2.75) is 84.3 Å². The van der Waals surface area contributed by atoms with E-state index in [4.69, 9.17) is 11.6 Å². The van der Waals surface area contributed by atoms with Crippen molar-refractivity contribution in [3.8, 4) is 0 Å². The van der Waals surface area contributed by atoms with Crippen molar-refractivity contribution in [2.24, 2.45) is 0 Å². The van der Waals surface area contributed by atoms with Gasteiger partial charge in [-0.05, 0) is 74.4 Å². The maximum absolute atomic E-state index is 13.6. The summed E-state index contributed by atoms with van der Waals surface area (Å²) in [7, 11) is -3.54. The van der Waals surface area contributed by atoms with Crippen LogP contribution in [-0.2, 0) is 26.2 Å². The summed E-state index contributed by atoms with van der Waals surface area (Å²) in [6, 6.07) is 12.4. The maximum Gasteiger partial charge on any atom is 0.243 e. The highest BCUT2D eigenvalue weighted by atomic mass is 35.5. The van der Waals surface area contributed by atoms with Gasteiger partial charge in [0.05, 0.1) is 11.9 Å². The van der Waals surface area contributed by atoms with Crippen molar-refractivity contribution in [1.29, 1.82) is 0 Å². The summed E-state index contributed by atoms with van der Waals surface area (Å²) in [5.41, 5.74) is 3.42. The first-order valence-electron chi connectivity index (χ1n) is 13.4. The molecule has 0 unspecified atom stereocenters. The van der Waals surface area contributed by atoms with Crippen molar-refractivity contribution in [1.82, 2.24) is 10.2 Å². The second-order valence-electron chi connectivity index (χ2n) is 10.2. The molecular formula is C29H40ClN3O4S. The van der Waals surface area contributed by atoms with Gasteiger partial charge in [-0.2, -0.15) is 0 Å². The van der Waals surface area contributed by atoms with Crippen LogP contribution >= 0.6 is 11.6 Å². The molecule has 2 aromatic rings. The lowest BCUT2D eigenvalue weighted by molar-refractivity contribution is -0.141. The van der Waals surface area contributed by atoms with Crippen LogP contribution in [0.4, 0.5) is 5.69 Å². The minimum absolute atomic E-state index is 0.106. The monoisotopic (exact) mass is 561 g/mol. The van der Waals surface area contributed by atoms with E-state index in [0.717, 1.165) is 42.4 Å². The molecule has 1 atom stereocenters. The number of hydrogen-bond donors (Lipinski definition) is 1. The number of benzene rings is 2. The molecule has 7 nitrogen and oxygen atoms in total. The molecule has 1 saturated carbocycles. The van der Waals surface area contributed by atoms with Crippen LogP contribution < -0.4 is 9.62 Å². The van der Waals surface area contributed by atoms with Gasteiger partial charge in [0.1, 0.15) is 6.04 Å². The average Bonchev–Trinajstić information content (AvgIpc) is 3.37. The molecule has 2 amide bonds. The van der Waals surface area contributed by atoms with Gasteiger partial charge in [-0.15, -0.1) is 0 Å². The Morgan fingerprint density at radius 1 is 1.08 bits per heavy atom. The molecule has 208 valence electrons. The number of halogens is 1. The van der Waals surface area contributed by atoms with Crippen LogP contribution in [-0.4, -0.2) is 50.0 Å². The van der Waals surface area contributed by atoms with Crippen LogP contribution in [0.15, 0.2) is 42.5 Å². The van der Waals surface area contributed by atoms with Gasteiger partial charge in [0.25, 0.3) is 0 Å². The van der Waals surface area contributed by atoms with Gasteiger partial charge in [-0.3, -0.25) is 13.9 Å². The van der Waals surface area contributed by atoms with Crippen LogP contribution in [0.25, 0.3) is 0 Å². The predicted octanol–water partition coefficient (Wildman–Crippen LogP) is 5.37. The third-order valence-corrected chi connectivity index (χ3v) is 8.88. The quantitative estimate of drug-likeness (QED) is 0.377. The minimum Gasteiger partial charge on any atom is -0.352 e. The smallest absolute Gasteiger partial charge is 0.243 e. The molecule has 3 rings (SSSR count). The fourth-order valence-corrected chi connectivity index (χ4v) is 6.13. The molecule has 0 heterocycles. The number of nitrogens with one attached hydrogen (secondary N) is 1. The normalized spacial score (nSPS) is 14.8. The zero-order chi connectivity index (χ0) is 27.9. The number of carbonyl (C=O) groups is 2. The SMILES string of the molecule is CC[C@@H](C(=O)NC1CCCC1)N(Cc1ccccc1Cl)C(=O)CCCN(c1ccc(C)c(C)c1)S(C)(=O)=O. The summed E-state index contributed by atoms with van der Waals surface area (Å²) < 4.78 is 26.5. The van der Waals surface area contributed by atoms with Gasteiger partial charge in [-0.25, -0.2) is 8.42 Å². The third kappa shape index (κ3) is 7.96. The molecule has 2 aromatic carbocycles. The molecule has 0 aliphatic heterocycles. The van der Waals surface area contributed by atoms with Crippen molar-refractivity contribution >= 4 is 39.1 Å². The molecule has 1 aliphatic rings. The van der Waals surface area contributed by atoms with E-state index in [9.17, 15) is 18.0 Å². The first kappa shape index (κ1) is 30.0. The van der Waals surface area contributed by atoms with E-state index in [2.05, 4.69) is 5.32 Å². The zero-order valence-electron chi connectivity index (χ0n) is 22.9. The van der Waals surface area contributed by atoms with Gasteiger partial charge in [0, 0.05) is 30.6 Å². The zero-order valence-corrected chi connectivity index (χ0v) is 24.4. The summed E-state index contributed by atoms with van der Waals surface area (Å²) in [5, 5.41) is 3.67. The first-order chi connectivity index (χ1) is 18.0. The van der Waals surface area contributed by atoms with E-state index in [1.54, 1.807) is 17.0 Å². The Bertz CT molecular complexity index is 1230. The van der Waals surface area contributed by atoms with Gasteiger partial charge >= 0.3 is 0 Å². The molecule has 0 aromatic heterocycles. The Morgan fingerprint density at radius 2 is 1.76 bits per heavy atom. The molecule has 9 heteroatoms. The first-order valence-corrected chi connectivity index (χ1v) is 15.6. The van der Waals surface area contributed by atoms with E-state index in [1.165, 1.54) is 10.6 Å².